The van der Waals surface area contributed by atoms with Gasteiger partial charge in [-0.25, -0.2) is 4.79 Å². The van der Waals surface area contributed by atoms with Crippen LogP contribution in [0.1, 0.15) is 73.7 Å². The third kappa shape index (κ3) is 4.04. The van der Waals surface area contributed by atoms with Crippen molar-refractivity contribution in [1.82, 2.24) is 9.47 Å². The van der Waals surface area contributed by atoms with E-state index in [0.29, 0.717) is 17.5 Å². The first kappa shape index (κ1) is 22.7. The molecule has 0 bridgehead atoms. The lowest BCUT2D eigenvalue weighted by Gasteiger charge is -2.29. The van der Waals surface area contributed by atoms with Gasteiger partial charge in [0, 0.05) is 54.4 Å². The van der Waals surface area contributed by atoms with Gasteiger partial charge in [-0.15, -0.1) is 0 Å². The van der Waals surface area contributed by atoms with E-state index < -0.39 is 5.97 Å². The Hall–Kier alpha value is -2.79. The maximum absolute atomic E-state index is 11.9. The number of anilines is 1. The average Bonchev–Trinajstić information content (AvgIpc) is 3.39. The van der Waals surface area contributed by atoms with E-state index in [1.54, 1.807) is 6.07 Å². The summed E-state index contributed by atoms with van der Waals surface area (Å²) in [7, 11) is 0. The molecule has 184 valence electrons. The zero-order valence-electron chi connectivity index (χ0n) is 20.9. The van der Waals surface area contributed by atoms with Gasteiger partial charge in [0.25, 0.3) is 0 Å². The van der Waals surface area contributed by atoms with Crippen molar-refractivity contribution in [3.8, 4) is 11.3 Å². The Morgan fingerprint density at radius 2 is 1.77 bits per heavy atom. The fraction of sp³-hybridized carbons (Fsp3) is 0.500. The Labute approximate surface area is 208 Å². The Bertz CT molecular complexity index is 1240. The standard InChI is InChI=1S/C30H37N3O2/c1-21-8-7-15-31(21)16-17-32-18-19-33-27-20-23(30(34)35)13-14-24(27)28(22-9-3-2-4-10-22)29(33)25-11-5-6-12-26(25)32/h5-6,11-14,20-22H,2-4,7-10,15-19H2,1H3,(H,34,35)/t21-/m1/s1. The molecule has 1 aliphatic carbocycles. The minimum absolute atomic E-state index is 0.380. The molecule has 2 fully saturated rings. The van der Waals surface area contributed by atoms with Crippen molar-refractivity contribution in [2.45, 2.75) is 70.4 Å². The van der Waals surface area contributed by atoms with E-state index in [1.165, 1.54) is 79.4 Å². The molecule has 5 nitrogen and oxygen atoms in total. The molecule has 3 heterocycles. The van der Waals surface area contributed by atoms with Gasteiger partial charge in [-0.1, -0.05) is 43.5 Å². The average molecular weight is 472 g/mol. The molecule has 0 radical (unpaired) electrons. The van der Waals surface area contributed by atoms with Crippen LogP contribution < -0.4 is 4.90 Å². The van der Waals surface area contributed by atoms with Crippen LogP contribution in [0.25, 0.3) is 22.2 Å². The Morgan fingerprint density at radius 3 is 2.54 bits per heavy atom. The SMILES string of the molecule is C[C@@H]1CCCN1CCN1CCn2c(c(C3CCCCC3)c3ccc(C(=O)O)cc32)-c2ccccc21. The van der Waals surface area contributed by atoms with Crippen molar-refractivity contribution in [2.75, 3.05) is 31.1 Å². The smallest absolute Gasteiger partial charge is 0.335 e. The molecule has 1 saturated carbocycles. The van der Waals surface area contributed by atoms with Crippen LogP contribution in [-0.4, -0.2) is 52.8 Å². The van der Waals surface area contributed by atoms with Gasteiger partial charge in [-0.3, -0.25) is 4.90 Å². The number of rotatable bonds is 5. The fourth-order valence-electron chi connectivity index (χ4n) is 6.93. The molecule has 3 aromatic rings. The molecular formula is C30H37N3O2. The summed E-state index contributed by atoms with van der Waals surface area (Å²) in [6, 6.07) is 15.4. The Balaban J connectivity index is 1.47. The molecule has 1 N–H and O–H groups in total. The van der Waals surface area contributed by atoms with Crippen molar-refractivity contribution in [3.05, 3.63) is 53.6 Å². The van der Waals surface area contributed by atoms with Crippen LogP contribution in [0, 0.1) is 0 Å². The van der Waals surface area contributed by atoms with Crippen molar-refractivity contribution >= 4 is 22.6 Å². The maximum Gasteiger partial charge on any atom is 0.335 e. The highest BCUT2D eigenvalue weighted by molar-refractivity contribution is 5.99. The lowest BCUT2D eigenvalue weighted by Crippen LogP contribution is -2.37. The molecule has 3 aliphatic rings. The quantitative estimate of drug-likeness (QED) is 0.470. The van der Waals surface area contributed by atoms with Gasteiger partial charge in [-0.2, -0.15) is 0 Å². The van der Waals surface area contributed by atoms with Gasteiger partial charge in [0.05, 0.1) is 11.3 Å². The number of carbonyl (C=O) groups is 1. The molecule has 0 amide bonds. The molecule has 1 saturated heterocycles. The van der Waals surface area contributed by atoms with Gasteiger partial charge in [-0.05, 0) is 68.8 Å². The highest BCUT2D eigenvalue weighted by atomic mass is 16.4. The largest absolute Gasteiger partial charge is 0.478 e. The van der Waals surface area contributed by atoms with Crippen LogP contribution in [0.3, 0.4) is 0 Å². The third-order valence-corrected chi connectivity index (χ3v) is 8.81. The molecule has 1 aromatic heterocycles. The summed E-state index contributed by atoms with van der Waals surface area (Å²) >= 11 is 0. The summed E-state index contributed by atoms with van der Waals surface area (Å²) in [4.78, 5) is 17.1. The van der Waals surface area contributed by atoms with E-state index in [4.69, 9.17) is 0 Å². The molecule has 2 aromatic carbocycles. The predicted octanol–water partition coefficient (Wildman–Crippen LogP) is 6.36. The summed E-state index contributed by atoms with van der Waals surface area (Å²) in [5.74, 6) is -0.305. The summed E-state index contributed by atoms with van der Waals surface area (Å²) in [5.41, 5.74) is 6.90. The van der Waals surface area contributed by atoms with Crippen molar-refractivity contribution in [2.24, 2.45) is 0 Å². The normalized spacial score (nSPS) is 21.2. The van der Waals surface area contributed by atoms with E-state index in [0.717, 1.165) is 31.7 Å². The molecule has 35 heavy (non-hydrogen) atoms. The van der Waals surface area contributed by atoms with E-state index in [1.807, 2.05) is 6.07 Å². The number of aromatic carboxylic acids is 1. The van der Waals surface area contributed by atoms with Crippen LogP contribution in [0.4, 0.5) is 5.69 Å². The summed E-state index contributed by atoms with van der Waals surface area (Å²) in [5, 5.41) is 11.0. The molecule has 0 unspecified atom stereocenters. The zero-order valence-corrected chi connectivity index (χ0v) is 20.9. The van der Waals surface area contributed by atoms with Gasteiger partial charge >= 0.3 is 5.97 Å². The van der Waals surface area contributed by atoms with Crippen molar-refractivity contribution in [3.63, 3.8) is 0 Å². The molecule has 6 rings (SSSR count). The molecule has 1 atom stereocenters. The van der Waals surface area contributed by atoms with Crippen LogP contribution in [-0.2, 0) is 6.54 Å². The lowest BCUT2D eigenvalue weighted by atomic mass is 9.81. The number of nitrogens with zero attached hydrogens (tertiary/aromatic N) is 3. The second-order valence-corrected chi connectivity index (χ2v) is 10.8. The summed E-state index contributed by atoms with van der Waals surface area (Å²) in [6.45, 7) is 7.53. The second kappa shape index (κ2) is 9.34. The van der Waals surface area contributed by atoms with E-state index in [2.05, 4.69) is 51.6 Å². The third-order valence-electron chi connectivity index (χ3n) is 8.81. The van der Waals surface area contributed by atoms with Gasteiger partial charge < -0.3 is 14.6 Å². The number of benzene rings is 2. The number of hydrogen-bond donors (Lipinski definition) is 1. The minimum Gasteiger partial charge on any atom is -0.478 e. The molecular weight excluding hydrogens is 434 g/mol. The first-order valence-corrected chi connectivity index (χ1v) is 13.6. The first-order valence-electron chi connectivity index (χ1n) is 13.6. The van der Waals surface area contributed by atoms with E-state index >= 15 is 0 Å². The molecule has 2 aliphatic heterocycles. The predicted molar refractivity (Wildman–Crippen MR) is 143 cm³/mol. The maximum atomic E-state index is 11.9. The fourth-order valence-corrected chi connectivity index (χ4v) is 6.93. The van der Waals surface area contributed by atoms with Crippen LogP contribution in [0.2, 0.25) is 0 Å². The number of para-hydroxylation sites is 1. The second-order valence-electron chi connectivity index (χ2n) is 10.8. The molecule has 0 spiro atoms. The topological polar surface area (TPSA) is 48.7 Å². The Kier molecular flexibility index (Phi) is 6.05. The first-order chi connectivity index (χ1) is 17.1. The van der Waals surface area contributed by atoms with Crippen molar-refractivity contribution in [1.29, 1.82) is 0 Å². The highest BCUT2D eigenvalue weighted by Gasteiger charge is 2.31. The van der Waals surface area contributed by atoms with Crippen molar-refractivity contribution < 1.29 is 9.90 Å². The highest BCUT2D eigenvalue weighted by Crippen LogP contribution is 2.47. The van der Waals surface area contributed by atoms with Gasteiger partial charge in [0.2, 0.25) is 0 Å². The van der Waals surface area contributed by atoms with Crippen LogP contribution >= 0.6 is 0 Å². The summed E-state index contributed by atoms with van der Waals surface area (Å²) in [6.07, 6.45) is 8.97. The minimum atomic E-state index is -0.850. The van der Waals surface area contributed by atoms with Gasteiger partial charge in [0.15, 0.2) is 0 Å². The zero-order chi connectivity index (χ0) is 23.9. The summed E-state index contributed by atoms with van der Waals surface area (Å²) < 4.78 is 2.45. The number of carboxylic acid groups (broad SMARTS) is 1. The van der Waals surface area contributed by atoms with E-state index in [-0.39, 0.29) is 0 Å². The number of carboxylic acids is 1. The van der Waals surface area contributed by atoms with E-state index in [9.17, 15) is 9.90 Å². The van der Waals surface area contributed by atoms with Crippen LogP contribution in [0.5, 0.6) is 0 Å². The number of likely N-dealkylation sites (tertiary alicyclic amines) is 1. The number of aromatic nitrogens is 1. The molecule has 5 heteroatoms. The van der Waals surface area contributed by atoms with Gasteiger partial charge in [0.1, 0.15) is 0 Å². The number of fused-ring (bicyclic) bond motifs is 5. The lowest BCUT2D eigenvalue weighted by molar-refractivity contribution is 0.0697. The number of hydrogen-bond acceptors (Lipinski definition) is 3. The monoisotopic (exact) mass is 471 g/mol. The van der Waals surface area contributed by atoms with Crippen LogP contribution in [0.15, 0.2) is 42.5 Å². The Morgan fingerprint density at radius 1 is 0.943 bits per heavy atom.